The Balaban J connectivity index is 1.41. The number of nitrogens with zero attached hydrogens (tertiary/aromatic N) is 3. The number of aromatic nitrogens is 2. The molecule has 0 unspecified atom stereocenters. The summed E-state index contributed by atoms with van der Waals surface area (Å²) in [7, 11) is 0. The summed E-state index contributed by atoms with van der Waals surface area (Å²) in [4.78, 5) is 11.7. The molecule has 2 heterocycles. The van der Waals surface area contributed by atoms with Gasteiger partial charge in [0.15, 0.2) is 5.11 Å². The fraction of sp³-hybridized carbons (Fsp3) is 0.542. The average molecular weight is 458 g/mol. The summed E-state index contributed by atoms with van der Waals surface area (Å²) in [5.41, 5.74) is 2.31. The number of piperidine rings is 1. The molecular weight excluding hydrogens is 426 g/mol. The van der Waals surface area contributed by atoms with Crippen LogP contribution in [-0.4, -0.2) is 34.7 Å². The highest BCUT2D eigenvalue weighted by Gasteiger charge is 2.35. The molecule has 7 heteroatoms. The van der Waals surface area contributed by atoms with Crippen LogP contribution in [0.4, 0.5) is 11.8 Å². The van der Waals surface area contributed by atoms with Crippen molar-refractivity contribution in [1.82, 2.24) is 15.3 Å². The Morgan fingerprint density at radius 3 is 2.65 bits per heavy atom. The van der Waals surface area contributed by atoms with Crippen LogP contribution in [0.2, 0.25) is 5.02 Å². The van der Waals surface area contributed by atoms with Gasteiger partial charge in [-0.25, -0.2) is 4.98 Å². The molecule has 0 spiro atoms. The zero-order chi connectivity index (χ0) is 21.8. The molecule has 1 aromatic heterocycles. The fourth-order valence-electron chi connectivity index (χ4n) is 4.84. The van der Waals surface area contributed by atoms with Crippen molar-refractivity contribution in [1.29, 1.82) is 0 Å². The largest absolute Gasteiger partial charge is 0.361 e. The van der Waals surface area contributed by atoms with Crippen LogP contribution in [0, 0.1) is 12.8 Å². The van der Waals surface area contributed by atoms with E-state index in [9.17, 15) is 0 Å². The fourth-order valence-corrected chi connectivity index (χ4v) is 5.19. The van der Waals surface area contributed by atoms with Gasteiger partial charge in [-0.15, -0.1) is 0 Å². The molecule has 2 N–H and O–H groups in total. The molecule has 2 aliphatic rings. The molecule has 1 aliphatic heterocycles. The van der Waals surface area contributed by atoms with Gasteiger partial charge in [0.25, 0.3) is 0 Å². The molecule has 0 atom stereocenters. The molecule has 4 rings (SSSR count). The summed E-state index contributed by atoms with van der Waals surface area (Å²) in [5, 5.41) is 8.02. The number of hydrogen-bond donors (Lipinski definition) is 2. The number of nitrogens with one attached hydrogen (secondary N) is 2. The summed E-state index contributed by atoms with van der Waals surface area (Å²) in [5.74, 6) is 2.33. The van der Waals surface area contributed by atoms with Gasteiger partial charge in [-0.3, -0.25) is 0 Å². The minimum atomic E-state index is 0.0692. The van der Waals surface area contributed by atoms with Gasteiger partial charge in [0.1, 0.15) is 5.82 Å². The third kappa shape index (κ3) is 5.47. The van der Waals surface area contributed by atoms with Gasteiger partial charge in [0.05, 0.1) is 0 Å². The maximum Gasteiger partial charge on any atom is 0.231 e. The molecule has 0 amide bonds. The van der Waals surface area contributed by atoms with E-state index in [0.29, 0.717) is 11.1 Å². The van der Waals surface area contributed by atoms with Crippen LogP contribution in [0.5, 0.6) is 0 Å². The van der Waals surface area contributed by atoms with Gasteiger partial charge < -0.3 is 15.5 Å². The van der Waals surface area contributed by atoms with Crippen molar-refractivity contribution in [3.8, 4) is 0 Å². The third-order valence-electron chi connectivity index (χ3n) is 6.76. The number of rotatable bonds is 5. The van der Waals surface area contributed by atoms with Gasteiger partial charge >= 0.3 is 0 Å². The van der Waals surface area contributed by atoms with E-state index >= 15 is 0 Å². The maximum absolute atomic E-state index is 6.28. The topological polar surface area (TPSA) is 53.1 Å². The van der Waals surface area contributed by atoms with Crippen LogP contribution in [0.25, 0.3) is 0 Å². The smallest absolute Gasteiger partial charge is 0.231 e. The molecule has 5 nitrogen and oxygen atoms in total. The van der Waals surface area contributed by atoms with Crippen LogP contribution < -0.4 is 15.5 Å². The lowest BCUT2D eigenvalue weighted by atomic mass is 9.79. The first kappa shape index (κ1) is 22.3. The van der Waals surface area contributed by atoms with Crippen LogP contribution in [0.1, 0.15) is 56.7 Å². The summed E-state index contributed by atoms with van der Waals surface area (Å²) < 4.78 is 0. The van der Waals surface area contributed by atoms with Crippen molar-refractivity contribution in [3.05, 3.63) is 46.6 Å². The monoisotopic (exact) mass is 457 g/mol. The second kappa shape index (κ2) is 9.70. The Labute approximate surface area is 196 Å². The first-order valence-electron chi connectivity index (χ1n) is 11.4. The lowest BCUT2D eigenvalue weighted by Gasteiger charge is -2.31. The van der Waals surface area contributed by atoms with Gasteiger partial charge in [-0.05, 0) is 68.4 Å². The molecular formula is C24H32ClN5S. The number of thiocarbonyl (C=S) groups is 1. The number of aryl methyl sites for hydroxylation is 1. The summed E-state index contributed by atoms with van der Waals surface area (Å²) in [6, 6.07) is 10.3. The maximum atomic E-state index is 6.28. The Kier molecular flexibility index (Phi) is 6.97. The number of hydrogen-bond acceptors (Lipinski definition) is 4. The van der Waals surface area contributed by atoms with E-state index in [4.69, 9.17) is 28.8 Å². The summed E-state index contributed by atoms with van der Waals surface area (Å²) >= 11 is 11.9. The molecule has 2 fully saturated rings. The Bertz CT molecular complexity index is 920. The minimum absolute atomic E-state index is 0.0692. The zero-order valence-corrected chi connectivity index (χ0v) is 20.0. The first-order valence-corrected chi connectivity index (χ1v) is 12.1. The third-order valence-corrected chi connectivity index (χ3v) is 7.24. The molecule has 1 aromatic carbocycles. The summed E-state index contributed by atoms with van der Waals surface area (Å²) in [6.45, 7) is 7.19. The number of anilines is 2. The van der Waals surface area contributed by atoms with Gasteiger partial charge in [0.2, 0.25) is 5.95 Å². The molecule has 1 saturated heterocycles. The number of halogens is 1. The van der Waals surface area contributed by atoms with Gasteiger partial charge in [-0.1, -0.05) is 43.5 Å². The second-order valence-electron chi connectivity index (χ2n) is 9.17. The van der Waals surface area contributed by atoms with E-state index in [1.165, 1.54) is 31.2 Å². The SMILES string of the molecule is Cc1cc(N2CCC(C)CC2)nc(NC(=S)NCC2(c3cccc(Cl)c3)CCCC2)n1. The quantitative estimate of drug-likeness (QED) is 0.580. The second-order valence-corrected chi connectivity index (χ2v) is 10.0. The van der Waals surface area contributed by atoms with Crippen LogP contribution in [0.15, 0.2) is 30.3 Å². The van der Waals surface area contributed by atoms with Crippen molar-refractivity contribution in [2.24, 2.45) is 5.92 Å². The van der Waals surface area contributed by atoms with Crippen molar-refractivity contribution >= 4 is 40.7 Å². The van der Waals surface area contributed by atoms with Gasteiger partial charge in [0, 0.05) is 41.8 Å². The summed E-state index contributed by atoms with van der Waals surface area (Å²) in [6.07, 6.45) is 7.15. The molecule has 0 radical (unpaired) electrons. The van der Waals surface area contributed by atoms with Crippen LogP contribution in [-0.2, 0) is 5.41 Å². The lowest BCUT2D eigenvalue weighted by molar-refractivity contribution is 0.435. The number of benzene rings is 1. The van der Waals surface area contributed by atoms with E-state index in [2.05, 4.69) is 45.6 Å². The Morgan fingerprint density at radius 2 is 1.94 bits per heavy atom. The van der Waals surface area contributed by atoms with Crippen molar-refractivity contribution in [2.45, 2.75) is 57.8 Å². The van der Waals surface area contributed by atoms with Gasteiger partial charge in [-0.2, -0.15) is 4.98 Å². The Hall–Kier alpha value is -1.92. The van der Waals surface area contributed by atoms with E-state index in [1.807, 2.05) is 19.1 Å². The predicted octanol–water partition coefficient (Wildman–Crippen LogP) is 5.47. The van der Waals surface area contributed by atoms with E-state index in [1.54, 1.807) is 0 Å². The average Bonchev–Trinajstić information content (AvgIpc) is 3.23. The van der Waals surface area contributed by atoms with Crippen molar-refractivity contribution < 1.29 is 0 Å². The highest BCUT2D eigenvalue weighted by molar-refractivity contribution is 7.80. The molecule has 1 saturated carbocycles. The lowest BCUT2D eigenvalue weighted by Crippen LogP contribution is -2.41. The predicted molar refractivity (Wildman–Crippen MR) is 133 cm³/mol. The standard InChI is InChI=1S/C24H32ClN5S/c1-17-8-12-30(13-9-17)21-14-18(2)27-22(28-21)29-23(31)26-16-24(10-3-4-11-24)19-6-5-7-20(25)15-19/h5-7,14-15,17H,3-4,8-13,16H2,1-2H3,(H2,26,27,28,29,31). The van der Waals surface area contributed by atoms with E-state index in [-0.39, 0.29) is 5.41 Å². The highest BCUT2D eigenvalue weighted by Crippen LogP contribution is 2.41. The molecule has 0 bridgehead atoms. The highest BCUT2D eigenvalue weighted by atomic mass is 35.5. The zero-order valence-electron chi connectivity index (χ0n) is 18.5. The van der Waals surface area contributed by atoms with Crippen molar-refractivity contribution in [2.75, 3.05) is 29.9 Å². The van der Waals surface area contributed by atoms with E-state index < -0.39 is 0 Å². The first-order chi connectivity index (χ1) is 14.9. The molecule has 2 aromatic rings. The Morgan fingerprint density at radius 1 is 1.19 bits per heavy atom. The van der Waals surface area contributed by atoms with E-state index in [0.717, 1.165) is 54.9 Å². The minimum Gasteiger partial charge on any atom is -0.361 e. The van der Waals surface area contributed by atoms with Crippen LogP contribution in [0.3, 0.4) is 0 Å². The van der Waals surface area contributed by atoms with Crippen LogP contribution >= 0.6 is 23.8 Å². The normalized spacial score (nSPS) is 18.7. The van der Waals surface area contributed by atoms with Crippen molar-refractivity contribution in [3.63, 3.8) is 0 Å². The molecule has 166 valence electrons. The molecule has 1 aliphatic carbocycles. The molecule has 31 heavy (non-hydrogen) atoms.